The van der Waals surface area contributed by atoms with Crippen LogP contribution in [0.1, 0.15) is 75.6 Å². The Bertz CT molecular complexity index is 370. The number of unbranched alkanes of at least 4 members (excludes halogenated alkanes) is 1. The van der Waals surface area contributed by atoms with Gasteiger partial charge in [0.2, 0.25) is 0 Å². The van der Waals surface area contributed by atoms with E-state index in [2.05, 4.69) is 58.1 Å². The van der Waals surface area contributed by atoms with Gasteiger partial charge in [-0.1, -0.05) is 51.3 Å². The molecule has 0 spiro atoms. The number of rotatable bonds is 8. The Balaban J connectivity index is 2.63. The summed E-state index contributed by atoms with van der Waals surface area (Å²) >= 11 is 0. The molecule has 108 valence electrons. The normalized spacial score (nSPS) is 14.4. The average Bonchev–Trinajstić information content (AvgIpc) is 2.39. The molecule has 1 heteroatoms. The fourth-order valence-corrected chi connectivity index (χ4v) is 2.59. The monoisotopic (exact) mass is 261 g/mol. The van der Waals surface area contributed by atoms with E-state index in [-0.39, 0.29) is 0 Å². The van der Waals surface area contributed by atoms with Gasteiger partial charge in [0.25, 0.3) is 0 Å². The van der Waals surface area contributed by atoms with Crippen LogP contribution in [0.4, 0.5) is 0 Å². The van der Waals surface area contributed by atoms with E-state index < -0.39 is 0 Å². The van der Waals surface area contributed by atoms with Crippen LogP contribution in [-0.2, 0) is 0 Å². The summed E-state index contributed by atoms with van der Waals surface area (Å²) in [6, 6.07) is 7.96. The van der Waals surface area contributed by atoms with E-state index in [1.165, 1.54) is 48.8 Å². The van der Waals surface area contributed by atoms with Crippen LogP contribution in [-0.4, -0.2) is 6.04 Å². The van der Waals surface area contributed by atoms with Crippen molar-refractivity contribution in [1.29, 1.82) is 0 Å². The third-order valence-electron chi connectivity index (χ3n) is 4.06. The first kappa shape index (κ1) is 16.2. The van der Waals surface area contributed by atoms with Crippen molar-refractivity contribution in [2.24, 2.45) is 0 Å². The second-order valence-corrected chi connectivity index (χ2v) is 5.86. The first-order valence-electron chi connectivity index (χ1n) is 7.91. The van der Waals surface area contributed by atoms with Crippen molar-refractivity contribution in [1.82, 2.24) is 5.32 Å². The smallest absolute Gasteiger partial charge is 0.0294 e. The lowest BCUT2D eigenvalue weighted by molar-refractivity contribution is 0.396. The largest absolute Gasteiger partial charge is 0.307 e. The van der Waals surface area contributed by atoms with Crippen molar-refractivity contribution in [3.8, 4) is 0 Å². The molecule has 0 aliphatic heterocycles. The van der Waals surface area contributed by atoms with Crippen molar-refractivity contribution >= 4 is 0 Å². The van der Waals surface area contributed by atoms with E-state index in [4.69, 9.17) is 0 Å². The molecule has 0 heterocycles. The third kappa shape index (κ3) is 5.36. The van der Waals surface area contributed by atoms with Crippen LogP contribution >= 0.6 is 0 Å². The van der Waals surface area contributed by atoms with E-state index in [0.29, 0.717) is 12.1 Å². The lowest BCUT2D eigenvalue weighted by Crippen LogP contribution is -2.31. The summed E-state index contributed by atoms with van der Waals surface area (Å²) in [7, 11) is 0. The van der Waals surface area contributed by atoms with E-state index >= 15 is 0 Å². The van der Waals surface area contributed by atoms with Gasteiger partial charge in [0.1, 0.15) is 0 Å². The molecule has 0 saturated carbocycles. The Hall–Kier alpha value is -0.820. The fraction of sp³-hybridized carbons (Fsp3) is 0.667. The van der Waals surface area contributed by atoms with Crippen LogP contribution in [0.3, 0.4) is 0 Å². The summed E-state index contributed by atoms with van der Waals surface area (Å²) in [4.78, 5) is 0. The van der Waals surface area contributed by atoms with Gasteiger partial charge in [0, 0.05) is 12.1 Å². The molecule has 2 atom stereocenters. The van der Waals surface area contributed by atoms with Crippen molar-refractivity contribution in [3.05, 3.63) is 34.9 Å². The molecule has 2 unspecified atom stereocenters. The molecular formula is C18H31N. The molecule has 19 heavy (non-hydrogen) atoms. The van der Waals surface area contributed by atoms with Crippen LogP contribution in [0.5, 0.6) is 0 Å². The Morgan fingerprint density at radius 3 is 2.32 bits per heavy atom. The quantitative estimate of drug-likeness (QED) is 0.668. The lowest BCUT2D eigenvalue weighted by atomic mass is 9.99. The predicted octanol–water partition coefficient (Wildman–Crippen LogP) is 5.31. The predicted molar refractivity (Wildman–Crippen MR) is 85.7 cm³/mol. The highest BCUT2D eigenvalue weighted by atomic mass is 14.9. The molecule has 1 N–H and O–H groups in total. The highest BCUT2D eigenvalue weighted by molar-refractivity contribution is 5.31. The Kier molecular flexibility index (Phi) is 7.15. The van der Waals surface area contributed by atoms with E-state index in [9.17, 15) is 0 Å². The first-order chi connectivity index (χ1) is 9.08. The zero-order valence-corrected chi connectivity index (χ0v) is 13.4. The molecule has 0 bridgehead atoms. The summed E-state index contributed by atoms with van der Waals surface area (Å²) in [6.07, 6.45) is 6.48. The van der Waals surface area contributed by atoms with Gasteiger partial charge in [-0.2, -0.15) is 0 Å². The maximum absolute atomic E-state index is 3.82. The standard InChI is InChI=1S/C18H31N/c1-6-8-10-18(9-7-2)19-16(5)17-12-11-14(3)15(4)13-17/h11-13,16,18-19H,6-10H2,1-5H3. The molecule has 0 aromatic heterocycles. The van der Waals surface area contributed by atoms with Gasteiger partial charge in [0.05, 0.1) is 0 Å². The van der Waals surface area contributed by atoms with Crippen molar-refractivity contribution < 1.29 is 0 Å². The number of hydrogen-bond donors (Lipinski definition) is 1. The summed E-state index contributed by atoms with van der Waals surface area (Å²) < 4.78 is 0. The summed E-state index contributed by atoms with van der Waals surface area (Å²) in [5.74, 6) is 0. The molecule has 1 aromatic rings. The topological polar surface area (TPSA) is 12.0 Å². The molecule has 1 rings (SSSR count). The fourth-order valence-electron chi connectivity index (χ4n) is 2.59. The SMILES string of the molecule is CCCCC(CCC)NC(C)c1ccc(C)c(C)c1. The first-order valence-corrected chi connectivity index (χ1v) is 7.91. The highest BCUT2D eigenvalue weighted by Crippen LogP contribution is 2.19. The molecule has 0 fully saturated rings. The lowest BCUT2D eigenvalue weighted by Gasteiger charge is -2.24. The molecule has 0 aliphatic carbocycles. The minimum absolute atomic E-state index is 0.452. The van der Waals surface area contributed by atoms with Crippen LogP contribution in [0.15, 0.2) is 18.2 Å². The van der Waals surface area contributed by atoms with Crippen molar-refractivity contribution in [3.63, 3.8) is 0 Å². The zero-order valence-electron chi connectivity index (χ0n) is 13.4. The summed E-state index contributed by atoms with van der Waals surface area (Å²) in [5.41, 5.74) is 4.19. The van der Waals surface area contributed by atoms with Gasteiger partial charge >= 0.3 is 0 Å². The van der Waals surface area contributed by atoms with Gasteiger partial charge in [-0.15, -0.1) is 0 Å². The maximum Gasteiger partial charge on any atom is 0.0294 e. The number of nitrogens with one attached hydrogen (secondary N) is 1. The van der Waals surface area contributed by atoms with Crippen molar-refractivity contribution in [2.45, 2.75) is 78.8 Å². The van der Waals surface area contributed by atoms with E-state index in [1.807, 2.05) is 0 Å². The zero-order chi connectivity index (χ0) is 14.3. The maximum atomic E-state index is 3.82. The molecule has 0 amide bonds. The Labute approximate surface area is 119 Å². The number of benzene rings is 1. The minimum Gasteiger partial charge on any atom is -0.307 e. The number of aryl methyl sites for hydroxylation is 2. The van der Waals surface area contributed by atoms with Crippen LogP contribution in [0, 0.1) is 13.8 Å². The Morgan fingerprint density at radius 2 is 1.74 bits per heavy atom. The summed E-state index contributed by atoms with van der Waals surface area (Å²) in [5, 5.41) is 3.82. The summed E-state index contributed by atoms with van der Waals surface area (Å²) in [6.45, 7) is 11.2. The van der Waals surface area contributed by atoms with Gasteiger partial charge in [-0.25, -0.2) is 0 Å². The third-order valence-corrected chi connectivity index (χ3v) is 4.06. The van der Waals surface area contributed by atoms with Gasteiger partial charge in [0.15, 0.2) is 0 Å². The molecule has 0 aliphatic rings. The molecule has 0 saturated heterocycles. The number of hydrogen-bond acceptors (Lipinski definition) is 1. The van der Waals surface area contributed by atoms with Crippen molar-refractivity contribution in [2.75, 3.05) is 0 Å². The Morgan fingerprint density at radius 1 is 1.00 bits per heavy atom. The second kappa shape index (κ2) is 8.37. The van der Waals surface area contributed by atoms with Crippen LogP contribution in [0.25, 0.3) is 0 Å². The molecular weight excluding hydrogens is 230 g/mol. The molecule has 1 nitrogen and oxygen atoms in total. The van der Waals surface area contributed by atoms with Crippen LogP contribution in [0.2, 0.25) is 0 Å². The minimum atomic E-state index is 0.452. The van der Waals surface area contributed by atoms with Gasteiger partial charge < -0.3 is 5.32 Å². The highest BCUT2D eigenvalue weighted by Gasteiger charge is 2.12. The molecule has 1 aromatic carbocycles. The van der Waals surface area contributed by atoms with E-state index in [1.54, 1.807) is 0 Å². The van der Waals surface area contributed by atoms with Crippen LogP contribution < -0.4 is 5.32 Å². The average molecular weight is 261 g/mol. The van der Waals surface area contributed by atoms with E-state index in [0.717, 1.165) is 0 Å². The second-order valence-electron chi connectivity index (χ2n) is 5.86. The molecule has 0 radical (unpaired) electrons. The van der Waals surface area contributed by atoms with Gasteiger partial charge in [-0.3, -0.25) is 0 Å². The van der Waals surface area contributed by atoms with Gasteiger partial charge in [-0.05, 0) is 50.3 Å².